The minimum absolute atomic E-state index is 0.0411. The molecule has 0 aliphatic heterocycles. The number of aryl methyl sites for hydroxylation is 1. The first-order valence-corrected chi connectivity index (χ1v) is 12.3. The molecule has 0 fully saturated rings. The Morgan fingerprint density at radius 2 is 1.91 bits per heavy atom. The van der Waals surface area contributed by atoms with E-state index in [2.05, 4.69) is 19.8 Å². The molecule has 3 heterocycles. The zero-order valence-corrected chi connectivity index (χ0v) is 19.6. The molecular weight excluding hydrogens is 515 g/mol. The maximum Gasteiger partial charge on any atom is 0.435 e. The van der Waals surface area contributed by atoms with E-state index in [1.165, 1.54) is 29.1 Å². The molecule has 0 amide bonds. The Balaban J connectivity index is 1.52. The van der Waals surface area contributed by atoms with Gasteiger partial charge in [-0.1, -0.05) is 11.6 Å². The van der Waals surface area contributed by atoms with Crippen molar-refractivity contribution in [1.82, 2.24) is 19.7 Å². The molecule has 0 saturated heterocycles. The first-order chi connectivity index (χ1) is 16.1. The fourth-order valence-electron chi connectivity index (χ4n) is 2.91. The molecule has 0 saturated carbocycles. The van der Waals surface area contributed by atoms with E-state index < -0.39 is 21.9 Å². The second-order valence-corrected chi connectivity index (χ2v) is 9.74. The molecule has 0 aliphatic rings. The summed E-state index contributed by atoms with van der Waals surface area (Å²) in [6, 6.07) is 8.38. The smallest absolute Gasteiger partial charge is 0.435 e. The predicted octanol–water partition coefficient (Wildman–Crippen LogP) is 5.69. The third-order valence-corrected chi connectivity index (χ3v) is 6.88. The molecule has 0 bridgehead atoms. The number of rotatable bonds is 7. The molecule has 0 atom stereocenters. The van der Waals surface area contributed by atoms with E-state index >= 15 is 0 Å². The minimum Gasteiger partial charge on any atom is -0.438 e. The van der Waals surface area contributed by atoms with E-state index in [-0.39, 0.29) is 27.5 Å². The van der Waals surface area contributed by atoms with Crippen molar-refractivity contribution < 1.29 is 26.3 Å². The Kier molecular flexibility index (Phi) is 6.51. The highest BCUT2D eigenvalue weighted by Crippen LogP contribution is 2.34. The zero-order chi connectivity index (χ0) is 24.5. The molecule has 1 N–H and O–H groups in total. The summed E-state index contributed by atoms with van der Waals surface area (Å²) in [5, 5.41) is 5.37. The zero-order valence-electron chi connectivity index (χ0n) is 17.2. The van der Waals surface area contributed by atoms with Gasteiger partial charge in [-0.3, -0.25) is 9.40 Å². The fraction of sp³-hybridized carbons (Fsp3) is 0.150. The van der Waals surface area contributed by atoms with Crippen LogP contribution in [0.3, 0.4) is 0 Å². The molecule has 4 aromatic rings. The molecule has 0 unspecified atom stereocenters. The molecule has 14 heteroatoms. The summed E-state index contributed by atoms with van der Waals surface area (Å²) in [6.45, 7) is 1.95. The molecule has 8 nitrogen and oxygen atoms in total. The molecule has 178 valence electrons. The number of nitrogens with one attached hydrogen (secondary N) is 1. The van der Waals surface area contributed by atoms with Gasteiger partial charge in [-0.25, -0.2) is 18.4 Å². The monoisotopic (exact) mass is 529 g/mol. The van der Waals surface area contributed by atoms with Crippen molar-refractivity contribution in [3.05, 3.63) is 64.9 Å². The number of nitrogens with zero attached hydrogens (tertiary/aromatic N) is 4. The lowest BCUT2D eigenvalue weighted by Crippen LogP contribution is -2.13. The number of alkyl halides is 3. The average molecular weight is 530 g/mol. The Morgan fingerprint density at radius 3 is 2.50 bits per heavy atom. The molecule has 34 heavy (non-hydrogen) atoms. The van der Waals surface area contributed by atoms with Crippen molar-refractivity contribution in [3.8, 4) is 22.9 Å². The van der Waals surface area contributed by atoms with Crippen molar-refractivity contribution >= 4 is 38.1 Å². The summed E-state index contributed by atoms with van der Waals surface area (Å²) >= 11 is 7.29. The Bertz CT molecular complexity index is 1410. The summed E-state index contributed by atoms with van der Waals surface area (Å²) in [5.41, 5.74) is -0.161. The van der Waals surface area contributed by atoms with Crippen molar-refractivity contribution in [2.45, 2.75) is 24.5 Å². The lowest BCUT2D eigenvalue weighted by atomic mass is 10.1. The normalized spacial score (nSPS) is 12.0. The van der Waals surface area contributed by atoms with E-state index in [0.717, 1.165) is 23.6 Å². The van der Waals surface area contributed by atoms with Crippen molar-refractivity contribution in [2.75, 3.05) is 4.72 Å². The number of benzene rings is 1. The molecule has 0 aliphatic carbocycles. The van der Waals surface area contributed by atoms with E-state index in [0.29, 0.717) is 17.0 Å². The van der Waals surface area contributed by atoms with E-state index in [9.17, 15) is 21.6 Å². The molecule has 4 rings (SSSR count). The fourth-order valence-corrected chi connectivity index (χ4v) is 4.94. The van der Waals surface area contributed by atoms with Gasteiger partial charge in [-0.05, 0) is 43.3 Å². The topological polar surface area (TPSA) is 99.0 Å². The van der Waals surface area contributed by atoms with Gasteiger partial charge < -0.3 is 4.74 Å². The third kappa shape index (κ3) is 5.16. The van der Waals surface area contributed by atoms with Gasteiger partial charge in [0.2, 0.25) is 5.88 Å². The number of ether oxygens (including phenoxy) is 1. The lowest BCUT2D eigenvalue weighted by molar-refractivity contribution is -0.141. The lowest BCUT2D eigenvalue weighted by Gasteiger charge is -2.10. The van der Waals surface area contributed by atoms with Gasteiger partial charge in [0, 0.05) is 23.7 Å². The quantitative estimate of drug-likeness (QED) is 0.330. The first kappa shape index (κ1) is 24.0. The van der Waals surface area contributed by atoms with Crippen LogP contribution in [0.1, 0.15) is 12.6 Å². The number of sulfonamides is 1. The summed E-state index contributed by atoms with van der Waals surface area (Å²) in [4.78, 5) is 7.67. The maximum atomic E-state index is 13.0. The molecule has 0 radical (unpaired) electrons. The van der Waals surface area contributed by atoms with Gasteiger partial charge in [0.1, 0.15) is 15.7 Å². The predicted molar refractivity (Wildman–Crippen MR) is 121 cm³/mol. The highest BCUT2D eigenvalue weighted by Gasteiger charge is 2.35. The Morgan fingerprint density at radius 1 is 1.18 bits per heavy atom. The maximum absolute atomic E-state index is 13.0. The Labute approximate surface area is 201 Å². The van der Waals surface area contributed by atoms with Gasteiger partial charge >= 0.3 is 6.18 Å². The standard InChI is InChI=1S/C20H15ClF3N5O3S2/c1-2-29-16(10-17(27-29)20(22,23)24)12-3-5-13(6-4-12)32-18-15(21)9-14(11-26-18)34(30,31)28-19-25-7-8-33-19/h3-11H,2H2,1H3,(H,25,28). The van der Waals surface area contributed by atoms with Crippen LogP contribution >= 0.6 is 22.9 Å². The molecule has 3 aromatic heterocycles. The van der Waals surface area contributed by atoms with Crippen LogP contribution in [0.25, 0.3) is 11.3 Å². The van der Waals surface area contributed by atoms with Gasteiger partial charge in [0.05, 0.1) is 11.9 Å². The largest absolute Gasteiger partial charge is 0.438 e. The highest BCUT2D eigenvalue weighted by atomic mass is 35.5. The van der Waals surface area contributed by atoms with Crippen LogP contribution in [-0.2, 0) is 22.7 Å². The Hall–Kier alpha value is -3.16. The van der Waals surface area contributed by atoms with Crippen LogP contribution in [0.5, 0.6) is 11.6 Å². The third-order valence-electron chi connectivity index (χ3n) is 4.48. The van der Waals surface area contributed by atoms with Crippen molar-refractivity contribution in [2.24, 2.45) is 0 Å². The number of aromatic nitrogens is 4. The second kappa shape index (κ2) is 9.24. The van der Waals surface area contributed by atoms with Crippen LogP contribution < -0.4 is 9.46 Å². The van der Waals surface area contributed by atoms with E-state index in [1.807, 2.05) is 0 Å². The summed E-state index contributed by atoms with van der Waals surface area (Å²) in [6.07, 6.45) is -2.00. The first-order valence-electron chi connectivity index (χ1n) is 9.58. The SMILES string of the molecule is CCn1nc(C(F)(F)F)cc1-c1ccc(Oc2ncc(S(=O)(=O)Nc3nccs3)cc2Cl)cc1. The van der Waals surface area contributed by atoms with Crippen LogP contribution in [0.4, 0.5) is 18.3 Å². The highest BCUT2D eigenvalue weighted by molar-refractivity contribution is 7.93. The van der Waals surface area contributed by atoms with Gasteiger partial charge in [0.15, 0.2) is 10.8 Å². The average Bonchev–Trinajstić information content (AvgIpc) is 3.45. The van der Waals surface area contributed by atoms with Crippen LogP contribution in [0, 0.1) is 0 Å². The van der Waals surface area contributed by atoms with E-state index in [1.54, 1.807) is 24.4 Å². The molecular formula is C20H15ClF3N5O3S2. The molecule has 1 aromatic carbocycles. The van der Waals surface area contributed by atoms with Crippen LogP contribution in [-0.4, -0.2) is 28.2 Å². The number of anilines is 1. The van der Waals surface area contributed by atoms with E-state index in [4.69, 9.17) is 16.3 Å². The van der Waals surface area contributed by atoms with Crippen molar-refractivity contribution in [1.29, 1.82) is 0 Å². The van der Waals surface area contributed by atoms with Crippen molar-refractivity contribution in [3.63, 3.8) is 0 Å². The second-order valence-electron chi connectivity index (χ2n) is 6.76. The van der Waals surface area contributed by atoms with Gasteiger partial charge in [-0.15, -0.1) is 11.3 Å². The minimum atomic E-state index is -4.55. The summed E-state index contributed by atoms with van der Waals surface area (Å²) in [5.74, 6) is 0.258. The molecule has 0 spiro atoms. The van der Waals surface area contributed by atoms with Gasteiger partial charge in [0.25, 0.3) is 10.0 Å². The summed E-state index contributed by atoms with van der Waals surface area (Å²) < 4.78 is 73.1. The summed E-state index contributed by atoms with van der Waals surface area (Å²) in [7, 11) is -3.94. The number of hydrogen-bond donors (Lipinski definition) is 1. The number of thiazole rings is 1. The number of hydrogen-bond acceptors (Lipinski definition) is 7. The van der Waals surface area contributed by atoms with Crippen LogP contribution in [0.2, 0.25) is 5.02 Å². The number of pyridine rings is 1. The van der Waals surface area contributed by atoms with Gasteiger partial charge in [-0.2, -0.15) is 18.3 Å². The van der Waals surface area contributed by atoms with Crippen LogP contribution in [0.15, 0.2) is 59.1 Å². The number of halogens is 4.